The second kappa shape index (κ2) is 4.37. The average Bonchev–Trinajstić information content (AvgIpc) is 2.71. The molecule has 0 saturated carbocycles. The Morgan fingerprint density at radius 1 is 1.67 bits per heavy atom. The highest BCUT2D eigenvalue weighted by atomic mass is 32.1. The Kier molecular flexibility index (Phi) is 3.11. The van der Waals surface area contributed by atoms with E-state index in [1.54, 1.807) is 0 Å². The van der Waals surface area contributed by atoms with Gasteiger partial charge < -0.3 is 5.32 Å². The topological polar surface area (TPSA) is 54.9 Å². The van der Waals surface area contributed by atoms with Crippen molar-refractivity contribution in [1.82, 2.24) is 14.9 Å². The van der Waals surface area contributed by atoms with Gasteiger partial charge in [0.15, 0.2) is 5.78 Å². The second-order valence-corrected chi connectivity index (χ2v) is 4.82. The highest BCUT2D eigenvalue weighted by Gasteiger charge is 2.33. The molecule has 0 bridgehead atoms. The van der Waals surface area contributed by atoms with Gasteiger partial charge in [-0.3, -0.25) is 4.79 Å². The van der Waals surface area contributed by atoms with Crippen LogP contribution in [0.4, 0.5) is 0 Å². The Bertz CT molecular complexity index is 330. The summed E-state index contributed by atoms with van der Waals surface area (Å²) in [4.78, 5) is 12.1. The minimum Gasteiger partial charge on any atom is -0.305 e. The number of nitrogens with one attached hydrogen (secondary N) is 1. The number of carbonyl (C=O) groups is 1. The maximum atomic E-state index is 12.1. The average molecular weight is 225 g/mol. The van der Waals surface area contributed by atoms with Gasteiger partial charge in [-0.05, 0) is 44.3 Å². The maximum Gasteiger partial charge on any atom is 0.158 e. The van der Waals surface area contributed by atoms with Crippen LogP contribution in [0.25, 0.3) is 0 Å². The van der Waals surface area contributed by atoms with Gasteiger partial charge in [-0.1, -0.05) is 4.49 Å². The van der Waals surface area contributed by atoms with Crippen molar-refractivity contribution in [2.45, 2.75) is 38.1 Å². The third kappa shape index (κ3) is 2.41. The van der Waals surface area contributed by atoms with Gasteiger partial charge in [-0.2, -0.15) is 0 Å². The quantitative estimate of drug-likeness (QED) is 0.839. The van der Waals surface area contributed by atoms with Crippen LogP contribution < -0.4 is 5.32 Å². The molecule has 1 aromatic rings. The lowest BCUT2D eigenvalue weighted by molar-refractivity contribution is -0.125. The van der Waals surface area contributed by atoms with Crippen LogP contribution in [0.2, 0.25) is 0 Å². The Labute approximate surface area is 93.2 Å². The maximum absolute atomic E-state index is 12.1. The van der Waals surface area contributed by atoms with Gasteiger partial charge in [-0.25, -0.2) is 0 Å². The van der Waals surface area contributed by atoms with Crippen molar-refractivity contribution in [3.8, 4) is 0 Å². The van der Waals surface area contributed by atoms with Crippen molar-refractivity contribution in [3.63, 3.8) is 0 Å². The van der Waals surface area contributed by atoms with Crippen LogP contribution >= 0.6 is 11.5 Å². The summed E-state index contributed by atoms with van der Waals surface area (Å²) in [5, 5.41) is 9.05. The molecule has 1 N–H and O–H groups in total. The fourth-order valence-electron chi connectivity index (χ4n) is 1.91. The van der Waals surface area contributed by atoms with E-state index in [1.165, 1.54) is 18.0 Å². The van der Waals surface area contributed by atoms with Gasteiger partial charge in [0, 0.05) is 5.38 Å². The van der Waals surface area contributed by atoms with Crippen molar-refractivity contribution in [1.29, 1.82) is 0 Å². The molecule has 1 saturated heterocycles. The third-order valence-corrected chi connectivity index (χ3v) is 3.53. The zero-order valence-electron chi connectivity index (χ0n) is 8.82. The van der Waals surface area contributed by atoms with Crippen molar-refractivity contribution < 1.29 is 4.79 Å². The highest BCUT2D eigenvalue weighted by molar-refractivity contribution is 7.03. The molecule has 2 heterocycles. The first-order valence-corrected chi connectivity index (χ1v) is 6.09. The third-order valence-electron chi connectivity index (χ3n) is 2.98. The monoisotopic (exact) mass is 225 g/mol. The molecule has 1 aliphatic heterocycles. The molecule has 0 spiro atoms. The van der Waals surface area contributed by atoms with Gasteiger partial charge in [0.2, 0.25) is 0 Å². The fraction of sp³-hybridized carbons (Fsp3) is 0.700. The second-order valence-electron chi connectivity index (χ2n) is 4.21. The molecule has 5 heteroatoms. The number of hydrogen-bond donors (Lipinski definition) is 1. The fourth-order valence-corrected chi connectivity index (χ4v) is 2.37. The summed E-state index contributed by atoms with van der Waals surface area (Å²) in [6.45, 7) is 2.94. The van der Waals surface area contributed by atoms with E-state index in [0.717, 1.165) is 25.1 Å². The van der Waals surface area contributed by atoms with Gasteiger partial charge in [0.25, 0.3) is 0 Å². The molecule has 1 aromatic heterocycles. The predicted molar refractivity (Wildman–Crippen MR) is 58.9 cm³/mol. The predicted octanol–water partition coefficient (Wildman–Crippen LogP) is 1.18. The van der Waals surface area contributed by atoms with E-state index < -0.39 is 0 Å². The molecule has 1 atom stereocenters. The molecule has 0 aliphatic carbocycles. The number of Topliss-reactive ketones (excluding diaryl/α,β-unsaturated/α-hetero) is 1. The summed E-state index contributed by atoms with van der Waals surface area (Å²) in [6.07, 6.45) is 3.63. The molecule has 2 rings (SSSR count). The first-order valence-electron chi connectivity index (χ1n) is 5.25. The van der Waals surface area contributed by atoms with E-state index in [1.807, 2.05) is 12.3 Å². The van der Waals surface area contributed by atoms with Crippen molar-refractivity contribution in [2.24, 2.45) is 0 Å². The van der Waals surface area contributed by atoms with Crippen molar-refractivity contribution >= 4 is 17.3 Å². The van der Waals surface area contributed by atoms with Crippen LogP contribution in [0.3, 0.4) is 0 Å². The van der Waals surface area contributed by atoms with Crippen LogP contribution in [0.5, 0.6) is 0 Å². The van der Waals surface area contributed by atoms with Crippen LogP contribution in [-0.2, 0) is 11.2 Å². The number of aromatic nitrogens is 2. The van der Waals surface area contributed by atoms with E-state index in [-0.39, 0.29) is 11.3 Å². The van der Waals surface area contributed by atoms with Crippen LogP contribution in [0, 0.1) is 0 Å². The van der Waals surface area contributed by atoms with E-state index in [2.05, 4.69) is 14.9 Å². The summed E-state index contributed by atoms with van der Waals surface area (Å²) in [7, 11) is 0. The van der Waals surface area contributed by atoms with Gasteiger partial charge in [-0.15, -0.1) is 5.10 Å². The molecule has 4 nitrogen and oxygen atoms in total. The lowest BCUT2D eigenvalue weighted by Crippen LogP contribution is -2.52. The number of hydrogen-bond acceptors (Lipinski definition) is 5. The van der Waals surface area contributed by atoms with Gasteiger partial charge in [0.05, 0.1) is 17.7 Å². The van der Waals surface area contributed by atoms with Crippen LogP contribution in [0.15, 0.2) is 5.38 Å². The smallest absolute Gasteiger partial charge is 0.158 e. The van der Waals surface area contributed by atoms with Crippen LogP contribution in [-0.4, -0.2) is 27.5 Å². The summed E-state index contributed by atoms with van der Waals surface area (Å²) in [6, 6.07) is 0. The molecule has 1 aliphatic rings. The van der Waals surface area contributed by atoms with E-state index >= 15 is 0 Å². The van der Waals surface area contributed by atoms with E-state index in [0.29, 0.717) is 6.42 Å². The zero-order chi connectivity index (χ0) is 10.7. The summed E-state index contributed by atoms with van der Waals surface area (Å²) >= 11 is 1.29. The Hall–Kier alpha value is -0.810. The SMILES string of the molecule is CC1(C(=O)Cc2csnn2)CCCCN1. The number of ketones is 1. The van der Waals surface area contributed by atoms with Crippen molar-refractivity contribution in [2.75, 3.05) is 6.54 Å². The first kappa shape index (κ1) is 10.7. The molecule has 0 amide bonds. The normalized spacial score (nSPS) is 26.5. The number of piperidine rings is 1. The van der Waals surface area contributed by atoms with Gasteiger partial charge in [0.1, 0.15) is 0 Å². The number of nitrogens with zero attached hydrogens (tertiary/aromatic N) is 2. The van der Waals surface area contributed by atoms with Crippen molar-refractivity contribution in [3.05, 3.63) is 11.1 Å². The Morgan fingerprint density at radius 2 is 2.53 bits per heavy atom. The molecular formula is C10H15N3OS. The molecule has 0 aromatic carbocycles. The standard InChI is InChI=1S/C10H15N3OS/c1-10(4-2-3-5-11-10)9(14)6-8-7-15-13-12-8/h7,11H,2-6H2,1H3. The summed E-state index contributed by atoms with van der Waals surface area (Å²) in [5.74, 6) is 0.231. The highest BCUT2D eigenvalue weighted by Crippen LogP contribution is 2.21. The minimum atomic E-state index is -0.345. The number of carbonyl (C=O) groups excluding carboxylic acids is 1. The lowest BCUT2D eigenvalue weighted by atomic mass is 9.85. The molecule has 82 valence electrons. The minimum absolute atomic E-state index is 0.231. The molecular weight excluding hydrogens is 210 g/mol. The lowest BCUT2D eigenvalue weighted by Gasteiger charge is -2.33. The zero-order valence-corrected chi connectivity index (χ0v) is 9.64. The van der Waals surface area contributed by atoms with Gasteiger partial charge >= 0.3 is 0 Å². The first-order chi connectivity index (χ1) is 7.21. The Balaban J connectivity index is 2.00. The number of rotatable bonds is 3. The molecule has 1 fully saturated rings. The van der Waals surface area contributed by atoms with E-state index in [9.17, 15) is 4.79 Å². The molecule has 1 unspecified atom stereocenters. The summed E-state index contributed by atoms with van der Waals surface area (Å²) < 4.78 is 3.76. The van der Waals surface area contributed by atoms with Crippen LogP contribution in [0.1, 0.15) is 31.9 Å². The molecule has 0 radical (unpaired) electrons. The molecule has 15 heavy (non-hydrogen) atoms. The van der Waals surface area contributed by atoms with E-state index in [4.69, 9.17) is 0 Å². The Morgan fingerprint density at radius 3 is 3.13 bits per heavy atom. The largest absolute Gasteiger partial charge is 0.305 e. The summed E-state index contributed by atoms with van der Waals surface area (Å²) in [5.41, 5.74) is 0.445.